The summed E-state index contributed by atoms with van der Waals surface area (Å²) in [5.41, 5.74) is -0.548. The molecule has 1 aliphatic carbocycles. The second kappa shape index (κ2) is 11.9. The van der Waals surface area contributed by atoms with Gasteiger partial charge in [0.2, 0.25) is 5.91 Å². The molecule has 0 saturated heterocycles. The van der Waals surface area contributed by atoms with Gasteiger partial charge in [-0.2, -0.15) is 0 Å². The number of benzene rings is 1. The topological polar surface area (TPSA) is 123 Å². The van der Waals surface area contributed by atoms with Crippen LogP contribution in [0.3, 0.4) is 0 Å². The third kappa shape index (κ3) is 7.83. The van der Waals surface area contributed by atoms with Crippen molar-refractivity contribution in [3.8, 4) is 11.5 Å². The Hall–Kier alpha value is -2.59. The standard InChI is InChI=1S/C22H35N3O7/c1-16(26)24(18-9-5-6-10-19(18)32-25(28)29)15-22(2,3)23-13-17(27)14-31-21-12-8-7-11-20(21)30-4/h7-8,11-12,17-19,23,27H,5-6,9-10,13-15H2,1-4H3/t17?,18-,19-/m1/s1. The van der Waals surface area contributed by atoms with Gasteiger partial charge in [-0.15, -0.1) is 10.1 Å². The van der Waals surface area contributed by atoms with Crippen LogP contribution in [0.5, 0.6) is 11.5 Å². The highest BCUT2D eigenvalue weighted by molar-refractivity contribution is 5.73. The molecule has 3 atom stereocenters. The van der Waals surface area contributed by atoms with Crippen LogP contribution in [-0.2, 0) is 9.63 Å². The summed E-state index contributed by atoms with van der Waals surface area (Å²) >= 11 is 0. The quantitative estimate of drug-likeness (QED) is 0.365. The molecule has 1 aliphatic rings. The lowest BCUT2D eigenvalue weighted by Crippen LogP contribution is -2.58. The van der Waals surface area contributed by atoms with Crippen LogP contribution in [-0.4, -0.2) is 71.6 Å². The molecular weight excluding hydrogens is 418 g/mol. The summed E-state index contributed by atoms with van der Waals surface area (Å²) in [5.74, 6) is 0.970. The number of amides is 1. The van der Waals surface area contributed by atoms with Crippen molar-refractivity contribution < 1.29 is 29.3 Å². The van der Waals surface area contributed by atoms with Crippen LogP contribution in [0, 0.1) is 10.1 Å². The van der Waals surface area contributed by atoms with Crippen LogP contribution in [0.1, 0.15) is 46.5 Å². The van der Waals surface area contributed by atoms with Crippen molar-refractivity contribution in [1.29, 1.82) is 0 Å². The molecular formula is C22H35N3O7. The van der Waals surface area contributed by atoms with Crippen LogP contribution in [0.15, 0.2) is 24.3 Å². The van der Waals surface area contributed by atoms with Crippen LogP contribution >= 0.6 is 0 Å². The predicted octanol–water partition coefficient (Wildman–Crippen LogP) is 2.17. The summed E-state index contributed by atoms with van der Waals surface area (Å²) < 4.78 is 10.9. The minimum Gasteiger partial charge on any atom is -0.493 e. The summed E-state index contributed by atoms with van der Waals surface area (Å²) in [6, 6.07) is 6.84. The fourth-order valence-corrected chi connectivity index (χ4v) is 3.99. The molecule has 2 rings (SSSR count). The van der Waals surface area contributed by atoms with E-state index in [2.05, 4.69) is 5.32 Å². The maximum atomic E-state index is 12.4. The first kappa shape index (κ1) is 25.7. The SMILES string of the molecule is COc1ccccc1OCC(O)CNC(C)(C)CN(C(C)=O)[C@@H]1CCCC[C@H]1O[N+](=O)[O-]. The molecule has 1 unspecified atom stereocenters. The Balaban J connectivity index is 1.92. The van der Waals surface area contributed by atoms with E-state index in [0.29, 0.717) is 30.9 Å². The van der Waals surface area contributed by atoms with Crippen LogP contribution in [0.4, 0.5) is 0 Å². The fraction of sp³-hybridized carbons (Fsp3) is 0.682. The molecule has 10 heteroatoms. The van der Waals surface area contributed by atoms with E-state index < -0.39 is 22.8 Å². The van der Waals surface area contributed by atoms with Gasteiger partial charge < -0.3 is 29.6 Å². The molecule has 2 N–H and O–H groups in total. The highest BCUT2D eigenvalue weighted by atomic mass is 17.0. The maximum Gasteiger partial charge on any atom is 0.294 e. The Bertz CT molecular complexity index is 759. The van der Waals surface area contributed by atoms with Gasteiger partial charge in [0.05, 0.1) is 13.2 Å². The van der Waals surface area contributed by atoms with Gasteiger partial charge >= 0.3 is 0 Å². The van der Waals surface area contributed by atoms with Gasteiger partial charge in [0, 0.05) is 25.6 Å². The molecule has 0 radical (unpaired) electrons. The molecule has 1 fully saturated rings. The third-order valence-electron chi connectivity index (χ3n) is 5.58. The van der Waals surface area contributed by atoms with Crippen molar-refractivity contribution in [3.05, 3.63) is 34.4 Å². The number of ether oxygens (including phenoxy) is 2. The van der Waals surface area contributed by atoms with Gasteiger partial charge in [0.1, 0.15) is 18.8 Å². The van der Waals surface area contributed by atoms with Crippen LogP contribution < -0.4 is 14.8 Å². The average Bonchev–Trinajstić information content (AvgIpc) is 2.75. The lowest BCUT2D eigenvalue weighted by atomic mass is 9.90. The Kier molecular flexibility index (Phi) is 9.52. The maximum absolute atomic E-state index is 12.4. The summed E-state index contributed by atoms with van der Waals surface area (Å²) in [6.07, 6.45) is 1.51. The third-order valence-corrected chi connectivity index (χ3v) is 5.58. The molecule has 1 aromatic rings. The molecule has 1 saturated carbocycles. The molecule has 0 spiro atoms. The zero-order valence-corrected chi connectivity index (χ0v) is 19.3. The lowest BCUT2D eigenvalue weighted by Gasteiger charge is -2.42. The second-order valence-corrected chi connectivity index (χ2v) is 8.75. The highest BCUT2D eigenvalue weighted by Gasteiger charge is 2.36. The zero-order valence-electron chi connectivity index (χ0n) is 19.3. The van der Waals surface area contributed by atoms with E-state index in [1.54, 1.807) is 24.1 Å². The van der Waals surface area contributed by atoms with E-state index in [4.69, 9.17) is 14.3 Å². The number of hydrogen-bond acceptors (Lipinski definition) is 8. The van der Waals surface area contributed by atoms with E-state index in [1.807, 2.05) is 26.0 Å². The Morgan fingerprint density at radius 3 is 2.59 bits per heavy atom. The van der Waals surface area contributed by atoms with Gasteiger partial charge in [-0.3, -0.25) is 4.79 Å². The number of nitrogens with zero attached hydrogens (tertiary/aromatic N) is 2. The Morgan fingerprint density at radius 1 is 1.31 bits per heavy atom. The fourth-order valence-electron chi connectivity index (χ4n) is 3.99. The number of carbonyl (C=O) groups excluding carboxylic acids is 1. The van der Waals surface area contributed by atoms with Crippen molar-refractivity contribution in [3.63, 3.8) is 0 Å². The van der Waals surface area contributed by atoms with Gasteiger partial charge in [-0.1, -0.05) is 25.0 Å². The van der Waals surface area contributed by atoms with Crippen LogP contribution in [0.25, 0.3) is 0 Å². The van der Waals surface area contributed by atoms with E-state index in [-0.39, 0.29) is 25.1 Å². The van der Waals surface area contributed by atoms with Crippen molar-refractivity contribution in [2.45, 2.75) is 70.2 Å². The predicted molar refractivity (Wildman–Crippen MR) is 118 cm³/mol. The van der Waals surface area contributed by atoms with Gasteiger partial charge in [-0.25, -0.2) is 0 Å². The summed E-state index contributed by atoms with van der Waals surface area (Å²) in [7, 11) is 1.55. The van der Waals surface area contributed by atoms with Crippen LogP contribution in [0.2, 0.25) is 0 Å². The number of nitrogens with one attached hydrogen (secondary N) is 1. The van der Waals surface area contributed by atoms with Gasteiger partial charge in [0.25, 0.3) is 5.09 Å². The first-order valence-corrected chi connectivity index (χ1v) is 10.9. The van der Waals surface area contributed by atoms with E-state index in [0.717, 1.165) is 12.8 Å². The summed E-state index contributed by atoms with van der Waals surface area (Å²) in [6.45, 7) is 5.94. The molecule has 180 valence electrons. The van der Waals surface area contributed by atoms with Crippen molar-refractivity contribution in [2.75, 3.05) is 26.8 Å². The van der Waals surface area contributed by atoms with Crippen molar-refractivity contribution in [1.82, 2.24) is 10.2 Å². The molecule has 0 bridgehead atoms. The molecule has 1 amide bonds. The van der Waals surface area contributed by atoms with E-state index >= 15 is 0 Å². The van der Waals surface area contributed by atoms with Gasteiger partial charge in [0.15, 0.2) is 11.5 Å². The number of rotatable bonds is 12. The number of β-amino-alcohol motifs (C(OH)–C–C–N with tert-alkyl or cyclic N) is 1. The van der Waals surface area contributed by atoms with Crippen molar-refractivity contribution in [2.24, 2.45) is 0 Å². The summed E-state index contributed by atoms with van der Waals surface area (Å²) in [4.78, 5) is 29.8. The first-order valence-electron chi connectivity index (χ1n) is 10.9. The van der Waals surface area contributed by atoms with E-state index in [9.17, 15) is 20.0 Å². The number of hydrogen-bond donors (Lipinski definition) is 2. The molecule has 32 heavy (non-hydrogen) atoms. The minimum absolute atomic E-state index is 0.0707. The number of aliphatic hydroxyl groups excluding tert-OH is 1. The smallest absolute Gasteiger partial charge is 0.294 e. The second-order valence-electron chi connectivity index (χ2n) is 8.75. The number of para-hydroxylation sites is 2. The minimum atomic E-state index is -0.787. The Labute approximate surface area is 188 Å². The van der Waals surface area contributed by atoms with Gasteiger partial charge in [-0.05, 0) is 38.8 Å². The average molecular weight is 454 g/mol. The summed E-state index contributed by atoms with van der Waals surface area (Å²) in [5, 5.41) is 23.8. The number of aliphatic hydroxyl groups is 1. The monoisotopic (exact) mass is 453 g/mol. The molecule has 1 aromatic carbocycles. The number of methoxy groups -OCH3 is 1. The highest BCUT2D eigenvalue weighted by Crippen LogP contribution is 2.28. The number of carbonyl (C=O) groups is 1. The normalized spacial score (nSPS) is 19.7. The molecule has 10 nitrogen and oxygen atoms in total. The molecule has 0 aliphatic heterocycles. The zero-order chi connectivity index (χ0) is 23.7. The largest absolute Gasteiger partial charge is 0.493 e. The first-order chi connectivity index (χ1) is 15.1. The van der Waals surface area contributed by atoms with E-state index in [1.165, 1.54) is 6.92 Å². The molecule has 0 heterocycles. The lowest BCUT2D eigenvalue weighted by molar-refractivity contribution is -0.770. The van der Waals surface area contributed by atoms with Crippen molar-refractivity contribution >= 4 is 5.91 Å². The molecule has 0 aromatic heterocycles. The Morgan fingerprint density at radius 2 is 1.97 bits per heavy atom.